The van der Waals surface area contributed by atoms with Gasteiger partial charge in [0.15, 0.2) is 0 Å². The molecule has 0 radical (unpaired) electrons. The fourth-order valence-electron chi connectivity index (χ4n) is 1.38. The zero-order chi connectivity index (χ0) is 12.3. The van der Waals surface area contributed by atoms with E-state index in [1.165, 1.54) is 0 Å². The molecule has 0 saturated heterocycles. The van der Waals surface area contributed by atoms with Gasteiger partial charge in [-0.25, -0.2) is 0 Å². The van der Waals surface area contributed by atoms with E-state index in [-0.39, 0.29) is 0 Å². The number of anilines is 1. The third kappa shape index (κ3) is 6.14. The lowest BCUT2D eigenvalue weighted by Crippen LogP contribution is -2.08. The van der Waals surface area contributed by atoms with Gasteiger partial charge in [0, 0.05) is 32.0 Å². The van der Waals surface area contributed by atoms with E-state index in [1.807, 2.05) is 24.3 Å². The van der Waals surface area contributed by atoms with Crippen molar-refractivity contribution in [2.75, 3.05) is 45.9 Å². The van der Waals surface area contributed by atoms with Crippen LogP contribution in [-0.2, 0) is 9.47 Å². The maximum Gasteiger partial charge on any atom is 0.120 e. The van der Waals surface area contributed by atoms with Crippen LogP contribution in [0.25, 0.3) is 0 Å². The molecule has 4 heteroatoms. The van der Waals surface area contributed by atoms with Crippen LogP contribution >= 0.6 is 0 Å². The first-order chi connectivity index (χ1) is 8.36. The summed E-state index contributed by atoms with van der Waals surface area (Å²) in [6.07, 6.45) is 0.973. The van der Waals surface area contributed by atoms with E-state index in [1.54, 1.807) is 14.2 Å². The summed E-state index contributed by atoms with van der Waals surface area (Å²) in [5.41, 5.74) is 1.07. The van der Waals surface area contributed by atoms with Crippen LogP contribution in [0.2, 0.25) is 0 Å². The molecule has 1 rings (SSSR count). The van der Waals surface area contributed by atoms with Gasteiger partial charge in [-0.15, -0.1) is 0 Å². The second-order valence-electron chi connectivity index (χ2n) is 3.62. The molecule has 1 N–H and O–H groups in total. The molecule has 0 aliphatic heterocycles. The van der Waals surface area contributed by atoms with Gasteiger partial charge in [0.1, 0.15) is 5.75 Å². The van der Waals surface area contributed by atoms with Gasteiger partial charge >= 0.3 is 0 Å². The largest absolute Gasteiger partial charge is 0.497 e. The Kier molecular flexibility index (Phi) is 7.18. The number of benzene rings is 1. The van der Waals surface area contributed by atoms with Crippen LogP contribution in [0.4, 0.5) is 5.69 Å². The van der Waals surface area contributed by atoms with Crippen LogP contribution in [0.3, 0.4) is 0 Å². The summed E-state index contributed by atoms with van der Waals surface area (Å²) in [4.78, 5) is 0. The van der Waals surface area contributed by atoms with E-state index in [2.05, 4.69) is 5.32 Å². The summed E-state index contributed by atoms with van der Waals surface area (Å²) in [5.74, 6) is 0.867. The molecule has 0 aliphatic rings. The highest BCUT2D eigenvalue weighted by Crippen LogP contribution is 2.16. The van der Waals surface area contributed by atoms with Crippen LogP contribution in [0.1, 0.15) is 6.42 Å². The average Bonchev–Trinajstić information content (AvgIpc) is 2.38. The Morgan fingerprint density at radius 3 is 2.76 bits per heavy atom. The molecule has 1 aromatic rings. The van der Waals surface area contributed by atoms with E-state index in [0.717, 1.165) is 31.0 Å². The van der Waals surface area contributed by atoms with E-state index >= 15 is 0 Å². The van der Waals surface area contributed by atoms with Crippen molar-refractivity contribution in [3.63, 3.8) is 0 Å². The predicted octanol–water partition coefficient (Wildman–Crippen LogP) is 2.16. The third-order valence-corrected chi connectivity index (χ3v) is 2.30. The Bertz CT molecular complexity index is 304. The van der Waals surface area contributed by atoms with Crippen molar-refractivity contribution in [1.82, 2.24) is 0 Å². The topological polar surface area (TPSA) is 39.7 Å². The van der Waals surface area contributed by atoms with Crippen molar-refractivity contribution in [3.8, 4) is 5.75 Å². The molecular formula is C13H21NO3. The number of methoxy groups -OCH3 is 2. The first kappa shape index (κ1) is 13.8. The summed E-state index contributed by atoms with van der Waals surface area (Å²) in [7, 11) is 3.34. The monoisotopic (exact) mass is 239 g/mol. The van der Waals surface area contributed by atoms with Crippen LogP contribution < -0.4 is 10.1 Å². The van der Waals surface area contributed by atoms with Gasteiger partial charge < -0.3 is 19.5 Å². The first-order valence-corrected chi connectivity index (χ1v) is 5.81. The maximum absolute atomic E-state index is 5.37. The summed E-state index contributed by atoms with van der Waals surface area (Å²) in [6, 6.07) is 7.90. The SMILES string of the molecule is COCCOCCCNc1cccc(OC)c1. The average molecular weight is 239 g/mol. The lowest BCUT2D eigenvalue weighted by molar-refractivity contribution is 0.0705. The molecule has 0 amide bonds. The molecule has 17 heavy (non-hydrogen) atoms. The van der Waals surface area contributed by atoms with Crippen LogP contribution in [0, 0.1) is 0 Å². The summed E-state index contributed by atoms with van der Waals surface area (Å²) in [5, 5.41) is 3.32. The van der Waals surface area contributed by atoms with Crippen molar-refractivity contribution in [1.29, 1.82) is 0 Å². The molecule has 0 aliphatic carbocycles. The number of hydrogen-bond donors (Lipinski definition) is 1. The lowest BCUT2D eigenvalue weighted by atomic mass is 10.3. The number of rotatable bonds is 9. The summed E-state index contributed by atoms with van der Waals surface area (Å²) >= 11 is 0. The molecule has 4 nitrogen and oxygen atoms in total. The molecule has 0 saturated carbocycles. The van der Waals surface area contributed by atoms with Gasteiger partial charge in [-0.05, 0) is 18.6 Å². The molecule has 0 fully saturated rings. The number of ether oxygens (including phenoxy) is 3. The highest BCUT2D eigenvalue weighted by molar-refractivity contribution is 5.47. The fraction of sp³-hybridized carbons (Fsp3) is 0.538. The van der Waals surface area contributed by atoms with Gasteiger partial charge in [0.25, 0.3) is 0 Å². The summed E-state index contributed by atoms with van der Waals surface area (Å²) in [6.45, 7) is 2.96. The minimum atomic E-state index is 0.656. The van der Waals surface area contributed by atoms with Gasteiger partial charge in [0.05, 0.1) is 20.3 Å². The third-order valence-electron chi connectivity index (χ3n) is 2.30. The van der Waals surface area contributed by atoms with Crippen LogP contribution in [0.5, 0.6) is 5.75 Å². The van der Waals surface area contributed by atoms with Crippen LogP contribution in [-0.4, -0.2) is 40.6 Å². The van der Waals surface area contributed by atoms with Gasteiger partial charge in [-0.3, -0.25) is 0 Å². The van der Waals surface area contributed by atoms with Crippen molar-refractivity contribution in [2.24, 2.45) is 0 Å². The highest BCUT2D eigenvalue weighted by Gasteiger charge is 1.94. The summed E-state index contributed by atoms with van der Waals surface area (Å²) < 4.78 is 15.4. The molecule has 0 heterocycles. The Morgan fingerprint density at radius 2 is 2.00 bits per heavy atom. The molecule has 1 aromatic carbocycles. The van der Waals surface area contributed by atoms with Crippen LogP contribution in [0.15, 0.2) is 24.3 Å². The number of hydrogen-bond acceptors (Lipinski definition) is 4. The fourth-order valence-corrected chi connectivity index (χ4v) is 1.38. The molecule has 0 spiro atoms. The van der Waals surface area contributed by atoms with E-state index in [4.69, 9.17) is 14.2 Å². The van der Waals surface area contributed by atoms with Crippen molar-refractivity contribution >= 4 is 5.69 Å². The number of nitrogens with one attached hydrogen (secondary N) is 1. The molecular weight excluding hydrogens is 218 g/mol. The zero-order valence-electron chi connectivity index (χ0n) is 10.6. The van der Waals surface area contributed by atoms with Gasteiger partial charge in [-0.1, -0.05) is 6.07 Å². The second kappa shape index (κ2) is 8.84. The molecule has 96 valence electrons. The van der Waals surface area contributed by atoms with Crippen molar-refractivity contribution < 1.29 is 14.2 Å². The maximum atomic E-state index is 5.37. The van der Waals surface area contributed by atoms with Crippen molar-refractivity contribution in [2.45, 2.75) is 6.42 Å². The Morgan fingerprint density at radius 1 is 1.12 bits per heavy atom. The Labute approximate surface area is 103 Å². The van der Waals surface area contributed by atoms with Gasteiger partial charge in [-0.2, -0.15) is 0 Å². The first-order valence-electron chi connectivity index (χ1n) is 5.81. The van der Waals surface area contributed by atoms with E-state index in [9.17, 15) is 0 Å². The van der Waals surface area contributed by atoms with E-state index < -0.39 is 0 Å². The second-order valence-corrected chi connectivity index (χ2v) is 3.62. The molecule has 0 bridgehead atoms. The van der Waals surface area contributed by atoms with Crippen molar-refractivity contribution in [3.05, 3.63) is 24.3 Å². The Hall–Kier alpha value is -1.26. The molecule has 0 aromatic heterocycles. The van der Waals surface area contributed by atoms with Gasteiger partial charge in [0.2, 0.25) is 0 Å². The minimum absolute atomic E-state index is 0.656. The quantitative estimate of drug-likeness (QED) is 0.670. The Balaban J connectivity index is 2.09. The normalized spacial score (nSPS) is 10.2. The standard InChI is InChI=1S/C13H21NO3/c1-15-9-10-17-8-4-7-14-12-5-3-6-13(11-12)16-2/h3,5-6,11,14H,4,7-10H2,1-2H3. The lowest BCUT2D eigenvalue weighted by Gasteiger charge is -2.08. The van der Waals surface area contributed by atoms with E-state index in [0.29, 0.717) is 13.2 Å². The zero-order valence-corrected chi connectivity index (χ0v) is 10.6. The molecule has 0 unspecified atom stereocenters. The minimum Gasteiger partial charge on any atom is -0.497 e. The highest BCUT2D eigenvalue weighted by atomic mass is 16.5. The molecule has 0 atom stereocenters. The smallest absolute Gasteiger partial charge is 0.120 e. The predicted molar refractivity (Wildman–Crippen MR) is 68.8 cm³/mol.